The molecule has 0 bridgehead atoms. The van der Waals surface area contributed by atoms with Crippen LogP contribution in [0.15, 0.2) is 48.5 Å². The molecule has 10 heteroatoms. The van der Waals surface area contributed by atoms with Gasteiger partial charge in [0.2, 0.25) is 5.91 Å². The molecule has 0 spiro atoms. The Bertz CT molecular complexity index is 1030. The molecule has 2 atom stereocenters. The highest BCUT2D eigenvalue weighted by molar-refractivity contribution is 5.80. The standard InChI is InChI=1S/C25H27F3N2O5/c1-2-7-15(12-22(31)30-21(13-23(32)33)25(26,27)28)29-24(34)35-14-20-18-10-5-3-8-16(18)17-9-4-6-11-19(17)20/h3-6,8-11,15,20-21H,2,7,12-14H2,1H3,(H,29,34)(H,30,31)(H,32,33). The molecule has 188 valence electrons. The van der Waals surface area contributed by atoms with E-state index < -0.39 is 49.1 Å². The Morgan fingerprint density at radius 3 is 2.06 bits per heavy atom. The van der Waals surface area contributed by atoms with Gasteiger partial charge in [0, 0.05) is 18.4 Å². The molecule has 0 heterocycles. The van der Waals surface area contributed by atoms with Crippen molar-refractivity contribution < 1.29 is 37.4 Å². The molecule has 2 aromatic carbocycles. The number of alkyl carbamates (subject to hydrolysis) is 1. The van der Waals surface area contributed by atoms with Gasteiger partial charge in [-0.3, -0.25) is 9.59 Å². The van der Waals surface area contributed by atoms with Gasteiger partial charge in [0.05, 0.1) is 6.42 Å². The summed E-state index contributed by atoms with van der Waals surface area (Å²) in [5.74, 6) is -2.86. The number of ether oxygens (including phenoxy) is 1. The molecule has 0 fully saturated rings. The number of nitrogens with one attached hydrogen (secondary N) is 2. The first-order valence-electron chi connectivity index (χ1n) is 11.3. The average Bonchev–Trinajstić information content (AvgIpc) is 3.10. The van der Waals surface area contributed by atoms with E-state index in [1.54, 1.807) is 12.2 Å². The number of alkyl halides is 3. The van der Waals surface area contributed by atoms with Crippen molar-refractivity contribution in [3.05, 3.63) is 59.7 Å². The Kier molecular flexibility index (Phi) is 8.37. The van der Waals surface area contributed by atoms with E-state index in [9.17, 15) is 27.6 Å². The summed E-state index contributed by atoms with van der Waals surface area (Å²) in [4.78, 5) is 35.4. The number of benzene rings is 2. The first-order valence-corrected chi connectivity index (χ1v) is 11.3. The van der Waals surface area contributed by atoms with Crippen molar-refractivity contribution in [3.8, 4) is 11.1 Å². The molecule has 0 radical (unpaired) electrons. The molecule has 2 aromatic rings. The van der Waals surface area contributed by atoms with Gasteiger partial charge < -0.3 is 20.5 Å². The normalized spacial score (nSPS) is 14.4. The predicted molar refractivity (Wildman–Crippen MR) is 122 cm³/mol. The van der Waals surface area contributed by atoms with E-state index in [0.717, 1.165) is 22.3 Å². The Hall–Kier alpha value is -3.56. The van der Waals surface area contributed by atoms with E-state index in [4.69, 9.17) is 9.84 Å². The number of carboxylic acids is 1. The van der Waals surface area contributed by atoms with Gasteiger partial charge >= 0.3 is 18.2 Å². The molecule has 0 aliphatic heterocycles. The molecule has 2 unspecified atom stereocenters. The Morgan fingerprint density at radius 2 is 1.54 bits per heavy atom. The van der Waals surface area contributed by atoms with Gasteiger partial charge in [-0.1, -0.05) is 61.9 Å². The highest BCUT2D eigenvalue weighted by Crippen LogP contribution is 2.44. The van der Waals surface area contributed by atoms with Gasteiger partial charge in [-0.05, 0) is 28.7 Å². The lowest BCUT2D eigenvalue weighted by Gasteiger charge is -2.23. The maximum atomic E-state index is 13.0. The molecule has 1 aliphatic rings. The fraction of sp³-hybridized carbons (Fsp3) is 0.400. The minimum atomic E-state index is -4.91. The number of aliphatic carboxylic acids is 1. The van der Waals surface area contributed by atoms with E-state index in [2.05, 4.69) is 5.32 Å². The zero-order valence-electron chi connectivity index (χ0n) is 19.1. The number of halogens is 3. The SMILES string of the molecule is CCCC(CC(=O)NC(CC(=O)O)C(F)(F)F)NC(=O)OCC1c2ccccc2-c2ccccc21. The zero-order valence-corrected chi connectivity index (χ0v) is 19.1. The van der Waals surface area contributed by atoms with Crippen LogP contribution in [-0.2, 0) is 14.3 Å². The molecule has 35 heavy (non-hydrogen) atoms. The Morgan fingerprint density at radius 1 is 0.971 bits per heavy atom. The zero-order chi connectivity index (χ0) is 25.6. The van der Waals surface area contributed by atoms with Crippen LogP contribution >= 0.6 is 0 Å². The van der Waals surface area contributed by atoms with E-state index in [-0.39, 0.29) is 12.5 Å². The van der Waals surface area contributed by atoms with E-state index >= 15 is 0 Å². The number of carboxylic acid groups (broad SMARTS) is 1. The smallest absolute Gasteiger partial charge is 0.409 e. The number of hydrogen-bond donors (Lipinski definition) is 3. The van der Waals surface area contributed by atoms with Crippen LogP contribution in [0.25, 0.3) is 11.1 Å². The van der Waals surface area contributed by atoms with Crippen molar-refractivity contribution >= 4 is 18.0 Å². The van der Waals surface area contributed by atoms with Crippen molar-refractivity contribution in [1.29, 1.82) is 0 Å². The van der Waals surface area contributed by atoms with Gasteiger partial charge in [0.25, 0.3) is 0 Å². The number of hydrogen-bond acceptors (Lipinski definition) is 4. The second-order valence-corrected chi connectivity index (χ2v) is 8.42. The minimum Gasteiger partial charge on any atom is -0.481 e. The van der Waals surface area contributed by atoms with Crippen LogP contribution < -0.4 is 10.6 Å². The molecular weight excluding hydrogens is 465 g/mol. The number of rotatable bonds is 10. The van der Waals surface area contributed by atoms with Crippen LogP contribution in [0.4, 0.5) is 18.0 Å². The molecule has 1 aliphatic carbocycles. The third kappa shape index (κ3) is 6.74. The number of fused-ring (bicyclic) bond motifs is 3. The summed E-state index contributed by atoms with van der Waals surface area (Å²) in [6.07, 6.45) is -6.53. The highest BCUT2D eigenvalue weighted by atomic mass is 19.4. The lowest BCUT2D eigenvalue weighted by atomic mass is 9.98. The summed E-state index contributed by atoms with van der Waals surface area (Å²) in [5.41, 5.74) is 4.20. The van der Waals surface area contributed by atoms with Crippen molar-refractivity contribution in [1.82, 2.24) is 10.6 Å². The summed E-state index contributed by atoms with van der Waals surface area (Å²) in [6, 6.07) is 12.4. The van der Waals surface area contributed by atoms with E-state index in [1.165, 1.54) is 0 Å². The Balaban J connectivity index is 1.59. The lowest BCUT2D eigenvalue weighted by Crippen LogP contribution is -2.48. The van der Waals surface area contributed by atoms with Crippen molar-refractivity contribution in [2.24, 2.45) is 0 Å². The second-order valence-electron chi connectivity index (χ2n) is 8.42. The highest BCUT2D eigenvalue weighted by Gasteiger charge is 2.42. The van der Waals surface area contributed by atoms with Crippen LogP contribution in [0.2, 0.25) is 0 Å². The fourth-order valence-corrected chi connectivity index (χ4v) is 4.28. The van der Waals surface area contributed by atoms with Gasteiger partial charge in [-0.2, -0.15) is 13.2 Å². The van der Waals surface area contributed by atoms with Gasteiger partial charge in [0.1, 0.15) is 12.6 Å². The van der Waals surface area contributed by atoms with Gasteiger partial charge in [-0.25, -0.2) is 4.79 Å². The minimum absolute atomic E-state index is 0.0552. The summed E-state index contributed by atoms with van der Waals surface area (Å²) < 4.78 is 44.5. The summed E-state index contributed by atoms with van der Waals surface area (Å²) in [5, 5.41) is 13.0. The summed E-state index contributed by atoms with van der Waals surface area (Å²) >= 11 is 0. The van der Waals surface area contributed by atoms with Crippen LogP contribution in [0.3, 0.4) is 0 Å². The largest absolute Gasteiger partial charge is 0.481 e. The van der Waals surface area contributed by atoms with Crippen LogP contribution in [-0.4, -0.2) is 47.9 Å². The second kappa shape index (κ2) is 11.2. The summed E-state index contributed by atoms with van der Waals surface area (Å²) in [6.45, 7) is 1.85. The van der Waals surface area contributed by atoms with Crippen molar-refractivity contribution in [2.75, 3.05) is 6.61 Å². The van der Waals surface area contributed by atoms with Crippen molar-refractivity contribution in [3.63, 3.8) is 0 Å². The fourth-order valence-electron chi connectivity index (χ4n) is 4.28. The molecule has 2 amide bonds. The average molecular weight is 492 g/mol. The molecule has 3 N–H and O–H groups in total. The van der Waals surface area contributed by atoms with Gasteiger partial charge in [0.15, 0.2) is 0 Å². The molecule has 0 saturated heterocycles. The molecule has 7 nitrogen and oxygen atoms in total. The number of amides is 2. The predicted octanol–water partition coefficient (Wildman–Crippen LogP) is 4.61. The van der Waals surface area contributed by atoms with Crippen LogP contribution in [0, 0.1) is 0 Å². The quantitative estimate of drug-likeness (QED) is 0.450. The van der Waals surface area contributed by atoms with Crippen LogP contribution in [0.1, 0.15) is 49.7 Å². The van der Waals surface area contributed by atoms with Crippen LogP contribution in [0.5, 0.6) is 0 Å². The maximum Gasteiger partial charge on any atom is 0.409 e. The first kappa shape index (κ1) is 26.1. The summed E-state index contributed by atoms with van der Waals surface area (Å²) in [7, 11) is 0. The number of carbonyl (C=O) groups is 3. The third-order valence-corrected chi connectivity index (χ3v) is 5.84. The third-order valence-electron chi connectivity index (χ3n) is 5.84. The topological polar surface area (TPSA) is 105 Å². The first-order chi connectivity index (χ1) is 16.6. The lowest BCUT2D eigenvalue weighted by molar-refractivity contribution is -0.170. The van der Waals surface area contributed by atoms with E-state index in [0.29, 0.717) is 12.8 Å². The Labute approximate surface area is 200 Å². The molecular formula is C25H27F3N2O5. The van der Waals surface area contributed by atoms with Gasteiger partial charge in [-0.15, -0.1) is 0 Å². The molecule has 0 aromatic heterocycles. The molecule has 0 saturated carbocycles. The molecule has 3 rings (SSSR count). The monoisotopic (exact) mass is 492 g/mol. The van der Waals surface area contributed by atoms with Crippen molar-refractivity contribution in [2.45, 2.75) is 56.8 Å². The van der Waals surface area contributed by atoms with E-state index in [1.807, 2.05) is 48.5 Å². The number of carbonyl (C=O) groups excluding carboxylic acids is 2. The maximum absolute atomic E-state index is 13.0.